The van der Waals surface area contributed by atoms with Crippen molar-refractivity contribution in [1.29, 1.82) is 0 Å². The Bertz CT molecular complexity index is 1640. The second kappa shape index (κ2) is 11.6. The number of rotatable bonds is 5. The van der Waals surface area contributed by atoms with E-state index in [1.165, 1.54) is 10.6 Å². The highest BCUT2D eigenvalue weighted by atomic mass is 32.2. The third-order valence-corrected chi connectivity index (χ3v) is 9.57. The minimum absolute atomic E-state index is 0.0993. The molecule has 0 bridgehead atoms. The summed E-state index contributed by atoms with van der Waals surface area (Å²) in [5.74, 6) is -1.79. The summed E-state index contributed by atoms with van der Waals surface area (Å²) in [7, 11) is 0. The Hall–Kier alpha value is -3.45. The lowest BCUT2D eigenvalue weighted by molar-refractivity contribution is -0.137. The summed E-state index contributed by atoms with van der Waals surface area (Å²) in [6, 6.07) is 3.12. The van der Waals surface area contributed by atoms with E-state index in [1.54, 1.807) is 9.80 Å². The van der Waals surface area contributed by atoms with Gasteiger partial charge in [-0.25, -0.2) is 13.6 Å². The molecule has 1 unspecified atom stereocenters. The molecule has 0 aliphatic carbocycles. The zero-order valence-corrected chi connectivity index (χ0v) is 24.1. The van der Waals surface area contributed by atoms with E-state index in [4.69, 9.17) is 0 Å². The molecule has 0 spiro atoms. The molecule has 2 aromatic carbocycles. The number of amides is 1. The highest BCUT2D eigenvalue weighted by molar-refractivity contribution is 7.99. The molecule has 43 heavy (non-hydrogen) atoms. The highest BCUT2D eigenvalue weighted by Gasteiger charge is 2.39. The Labute approximate surface area is 249 Å². The minimum atomic E-state index is -4.89. The van der Waals surface area contributed by atoms with E-state index >= 15 is 4.39 Å². The number of hydrogen-bond donors (Lipinski definition) is 0. The van der Waals surface area contributed by atoms with Crippen LogP contribution in [-0.2, 0) is 11.0 Å². The van der Waals surface area contributed by atoms with Crippen molar-refractivity contribution in [2.24, 2.45) is 0 Å². The average Bonchev–Trinajstić information content (AvgIpc) is 3.41. The SMILES string of the molecule is C=CC(=O)N1CCN(c2nc(=O)n3c4c(c(-c5ccc(F)cc5F)c(C(F)(F)F)cc24)SCCC3CN2CCCC2)CC1. The molecule has 1 atom stereocenters. The highest BCUT2D eigenvalue weighted by Crippen LogP contribution is 2.49. The van der Waals surface area contributed by atoms with E-state index in [2.05, 4.69) is 16.5 Å². The van der Waals surface area contributed by atoms with Crippen LogP contribution in [0.2, 0.25) is 0 Å². The fourth-order valence-corrected chi connectivity index (χ4v) is 7.69. The first kappa shape index (κ1) is 29.6. The second-order valence-corrected chi connectivity index (χ2v) is 12.2. The molecule has 2 fully saturated rings. The predicted octanol–water partition coefficient (Wildman–Crippen LogP) is 5.33. The van der Waals surface area contributed by atoms with Gasteiger partial charge in [0.05, 0.1) is 17.1 Å². The summed E-state index contributed by atoms with van der Waals surface area (Å²) in [6.07, 6.45) is -1.13. The van der Waals surface area contributed by atoms with E-state index < -0.39 is 34.6 Å². The molecule has 2 saturated heterocycles. The molecule has 0 radical (unpaired) electrons. The topological polar surface area (TPSA) is 61.7 Å². The van der Waals surface area contributed by atoms with Crippen LogP contribution in [0.15, 0.2) is 46.6 Å². The molecule has 1 aromatic heterocycles. The van der Waals surface area contributed by atoms with Crippen molar-refractivity contribution >= 4 is 34.4 Å². The number of anilines is 1. The smallest absolute Gasteiger partial charge is 0.352 e. The average molecular weight is 620 g/mol. The first-order valence-electron chi connectivity index (χ1n) is 14.2. The van der Waals surface area contributed by atoms with Crippen LogP contribution in [-0.4, -0.2) is 76.8 Å². The summed E-state index contributed by atoms with van der Waals surface area (Å²) >= 11 is 1.15. The predicted molar refractivity (Wildman–Crippen MR) is 155 cm³/mol. The molecule has 228 valence electrons. The molecular weight excluding hydrogens is 589 g/mol. The first-order chi connectivity index (χ1) is 20.6. The number of carbonyl (C=O) groups is 1. The fraction of sp³-hybridized carbons (Fsp3) is 0.433. The molecule has 3 aliphatic rings. The lowest BCUT2D eigenvalue weighted by Crippen LogP contribution is -2.49. The van der Waals surface area contributed by atoms with Crippen LogP contribution in [0.5, 0.6) is 0 Å². The lowest BCUT2D eigenvalue weighted by Gasteiger charge is -2.36. The van der Waals surface area contributed by atoms with Crippen molar-refractivity contribution in [2.75, 3.05) is 56.5 Å². The number of thioether (sulfide) groups is 1. The summed E-state index contributed by atoms with van der Waals surface area (Å²) in [5.41, 5.74) is -2.19. The van der Waals surface area contributed by atoms with E-state index in [0.29, 0.717) is 24.8 Å². The van der Waals surface area contributed by atoms with Gasteiger partial charge in [0, 0.05) is 66.0 Å². The number of likely N-dealkylation sites (tertiary alicyclic amines) is 1. The maximum atomic E-state index is 15.2. The van der Waals surface area contributed by atoms with Crippen LogP contribution in [0.1, 0.15) is 30.9 Å². The van der Waals surface area contributed by atoms with Gasteiger partial charge in [-0.05, 0) is 56.6 Å². The van der Waals surface area contributed by atoms with E-state index in [1.807, 2.05) is 0 Å². The Morgan fingerprint density at radius 1 is 1.07 bits per heavy atom. The Morgan fingerprint density at radius 3 is 2.44 bits per heavy atom. The molecule has 6 rings (SSSR count). The molecular formula is C30H30F5N5O2S. The summed E-state index contributed by atoms with van der Waals surface area (Å²) in [4.78, 5) is 36.1. The van der Waals surface area contributed by atoms with Crippen molar-refractivity contribution in [3.05, 3.63) is 64.6 Å². The van der Waals surface area contributed by atoms with E-state index in [0.717, 1.165) is 55.9 Å². The van der Waals surface area contributed by atoms with Gasteiger partial charge in [0.2, 0.25) is 5.91 Å². The van der Waals surface area contributed by atoms with Crippen molar-refractivity contribution in [3.8, 4) is 11.1 Å². The van der Waals surface area contributed by atoms with Crippen LogP contribution in [0.4, 0.5) is 27.8 Å². The Morgan fingerprint density at radius 2 is 1.79 bits per heavy atom. The van der Waals surface area contributed by atoms with E-state index in [-0.39, 0.29) is 65.3 Å². The lowest BCUT2D eigenvalue weighted by atomic mass is 9.95. The van der Waals surface area contributed by atoms with Crippen molar-refractivity contribution in [1.82, 2.24) is 19.4 Å². The minimum Gasteiger partial charge on any atom is -0.352 e. The van der Waals surface area contributed by atoms with Crippen molar-refractivity contribution in [2.45, 2.75) is 36.4 Å². The molecule has 4 heterocycles. The van der Waals surface area contributed by atoms with Gasteiger partial charge < -0.3 is 14.7 Å². The summed E-state index contributed by atoms with van der Waals surface area (Å²) in [5, 5.41) is 0.137. The quantitative estimate of drug-likeness (QED) is 0.285. The Kier molecular flexibility index (Phi) is 7.97. The molecule has 0 saturated carbocycles. The number of hydrogen-bond acceptors (Lipinski definition) is 6. The van der Waals surface area contributed by atoms with Crippen LogP contribution < -0.4 is 10.6 Å². The van der Waals surface area contributed by atoms with Gasteiger partial charge in [-0.1, -0.05) is 6.58 Å². The normalized spacial score (nSPS) is 19.6. The van der Waals surface area contributed by atoms with Gasteiger partial charge in [-0.3, -0.25) is 9.36 Å². The standard InChI is InChI=1S/C30H30F5N5O2S/c1-2-24(41)38-10-12-39(13-11-38)28-21-16-22(30(33,34)35)25(20-6-5-18(31)15-23(20)32)27-26(21)40(29(42)36-28)19(7-14-43-27)17-37-8-3-4-9-37/h2,5-6,15-16,19H,1,3-4,7-14,17H2. The number of benzene rings is 2. The number of piperazine rings is 1. The van der Waals surface area contributed by atoms with Crippen molar-refractivity contribution in [3.63, 3.8) is 0 Å². The maximum absolute atomic E-state index is 15.2. The zero-order chi connectivity index (χ0) is 30.5. The summed E-state index contributed by atoms with van der Waals surface area (Å²) < 4.78 is 75.0. The monoisotopic (exact) mass is 619 g/mol. The van der Waals surface area contributed by atoms with Gasteiger partial charge >= 0.3 is 11.9 Å². The maximum Gasteiger partial charge on any atom is 0.417 e. The zero-order valence-electron chi connectivity index (χ0n) is 23.3. The molecule has 3 aliphatic heterocycles. The molecule has 0 N–H and O–H groups in total. The number of halogens is 5. The van der Waals surface area contributed by atoms with Gasteiger partial charge in [0.1, 0.15) is 17.5 Å². The number of nitrogens with zero attached hydrogens (tertiary/aromatic N) is 5. The molecule has 7 nitrogen and oxygen atoms in total. The number of carbonyl (C=O) groups excluding carboxylic acids is 1. The second-order valence-electron chi connectivity index (χ2n) is 11.0. The van der Waals surface area contributed by atoms with Gasteiger partial charge in [-0.2, -0.15) is 18.2 Å². The Balaban J connectivity index is 1.62. The number of aromatic nitrogens is 2. The van der Waals surface area contributed by atoms with Gasteiger partial charge in [0.25, 0.3) is 0 Å². The summed E-state index contributed by atoms with van der Waals surface area (Å²) in [6.45, 7) is 6.84. The van der Waals surface area contributed by atoms with Crippen molar-refractivity contribution < 1.29 is 26.7 Å². The van der Waals surface area contributed by atoms with E-state index in [9.17, 15) is 27.2 Å². The van der Waals surface area contributed by atoms with Gasteiger partial charge in [0.15, 0.2) is 0 Å². The molecule has 13 heteroatoms. The molecule has 1 amide bonds. The van der Waals surface area contributed by atoms with Crippen LogP contribution in [0.25, 0.3) is 22.0 Å². The third kappa shape index (κ3) is 5.52. The third-order valence-electron chi connectivity index (χ3n) is 8.45. The van der Waals surface area contributed by atoms with Crippen LogP contribution >= 0.6 is 11.8 Å². The van der Waals surface area contributed by atoms with Crippen LogP contribution in [0.3, 0.4) is 0 Å². The van der Waals surface area contributed by atoms with Gasteiger partial charge in [-0.15, -0.1) is 11.8 Å². The van der Waals surface area contributed by atoms with Crippen LogP contribution in [0, 0.1) is 11.6 Å². The molecule has 3 aromatic rings. The fourth-order valence-electron chi connectivity index (χ4n) is 6.39. The largest absolute Gasteiger partial charge is 0.417 e. The number of alkyl halides is 3. The first-order valence-corrected chi connectivity index (χ1v) is 15.2.